The third-order valence-electron chi connectivity index (χ3n) is 7.82. The molecule has 1 aromatic carbocycles. The summed E-state index contributed by atoms with van der Waals surface area (Å²) in [6.07, 6.45) is 8.85. The number of likely N-dealkylation sites (tertiary alicyclic amines) is 2. The van der Waals surface area contributed by atoms with E-state index in [0.717, 1.165) is 55.5 Å². The third-order valence-corrected chi connectivity index (χ3v) is 7.82. The second-order valence-electron chi connectivity index (χ2n) is 9.01. The Labute approximate surface area is 171 Å². The maximum atomic E-state index is 13.3. The molecule has 6 nitrogen and oxygen atoms in total. The molecule has 0 bridgehead atoms. The number of methoxy groups -OCH3 is 1. The Balaban J connectivity index is 1.33. The van der Waals surface area contributed by atoms with Crippen LogP contribution in [0.1, 0.15) is 48.9 Å². The summed E-state index contributed by atoms with van der Waals surface area (Å²) in [4.78, 5) is 21.1. The maximum absolute atomic E-state index is 13.3. The summed E-state index contributed by atoms with van der Waals surface area (Å²) in [5, 5.41) is 10.5. The summed E-state index contributed by atoms with van der Waals surface area (Å²) < 4.78 is 5.50. The number of carbonyl (C=O) groups excluding carboxylic acids is 1. The highest BCUT2D eigenvalue weighted by atomic mass is 16.5. The fraction of sp³-hybridized carbons (Fsp3) is 0.609. The molecule has 156 valence electrons. The summed E-state index contributed by atoms with van der Waals surface area (Å²) in [6.45, 7) is 3.03. The van der Waals surface area contributed by atoms with Crippen LogP contribution in [0.25, 0.3) is 10.9 Å². The molecule has 1 amide bonds. The SMILES string of the molecule is COc1cccc2[nH]cc(C(=O)N3CCC4(CCCC4N4CCC4CO)CC3)c12. The third kappa shape index (κ3) is 2.96. The lowest BCUT2D eigenvalue weighted by molar-refractivity contribution is -0.0521. The molecule has 1 aliphatic carbocycles. The monoisotopic (exact) mass is 397 g/mol. The minimum atomic E-state index is 0.0994. The highest BCUT2D eigenvalue weighted by Gasteiger charge is 2.50. The van der Waals surface area contributed by atoms with Crippen molar-refractivity contribution >= 4 is 16.8 Å². The number of aromatic nitrogens is 1. The number of benzene rings is 1. The molecular formula is C23H31N3O3. The van der Waals surface area contributed by atoms with E-state index < -0.39 is 0 Å². The molecule has 2 saturated heterocycles. The number of H-pyrrole nitrogens is 1. The first kappa shape index (κ1) is 18.9. The van der Waals surface area contributed by atoms with Crippen molar-refractivity contribution in [3.05, 3.63) is 30.0 Å². The smallest absolute Gasteiger partial charge is 0.256 e. The summed E-state index contributed by atoms with van der Waals surface area (Å²) in [6, 6.07) is 6.76. The normalized spacial score (nSPS) is 26.8. The number of aliphatic hydroxyl groups excluding tert-OH is 1. The van der Waals surface area contributed by atoms with Crippen molar-refractivity contribution < 1.29 is 14.6 Å². The van der Waals surface area contributed by atoms with Crippen molar-refractivity contribution in [2.24, 2.45) is 5.41 Å². The van der Waals surface area contributed by atoms with E-state index in [9.17, 15) is 9.90 Å². The first-order valence-electron chi connectivity index (χ1n) is 11.0. The van der Waals surface area contributed by atoms with E-state index in [2.05, 4.69) is 9.88 Å². The van der Waals surface area contributed by atoms with E-state index in [-0.39, 0.29) is 12.5 Å². The lowest BCUT2D eigenvalue weighted by atomic mass is 9.72. The molecule has 1 saturated carbocycles. The van der Waals surface area contributed by atoms with Gasteiger partial charge in [-0.05, 0) is 49.7 Å². The predicted octanol–water partition coefficient (Wildman–Crippen LogP) is 3.02. The van der Waals surface area contributed by atoms with E-state index >= 15 is 0 Å². The predicted molar refractivity (Wildman–Crippen MR) is 112 cm³/mol. The molecule has 1 aromatic heterocycles. The van der Waals surface area contributed by atoms with E-state index in [1.165, 1.54) is 19.3 Å². The Morgan fingerprint density at radius 3 is 2.76 bits per heavy atom. The summed E-state index contributed by atoms with van der Waals surface area (Å²) in [5.41, 5.74) is 1.96. The van der Waals surface area contributed by atoms with Crippen LogP contribution in [0.4, 0.5) is 0 Å². The van der Waals surface area contributed by atoms with Gasteiger partial charge in [0.05, 0.1) is 24.7 Å². The number of aliphatic hydroxyl groups is 1. The van der Waals surface area contributed by atoms with Crippen LogP contribution in [0.15, 0.2) is 24.4 Å². The molecule has 29 heavy (non-hydrogen) atoms. The highest BCUT2D eigenvalue weighted by Crippen LogP contribution is 2.50. The minimum Gasteiger partial charge on any atom is -0.496 e. The number of rotatable bonds is 4. The molecule has 2 atom stereocenters. The Kier molecular flexibility index (Phi) is 4.79. The first-order valence-corrected chi connectivity index (χ1v) is 11.0. The van der Waals surface area contributed by atoms with Gasteiger partial charge in [0.1, 0.15) is 5.75 Å². The summed E-state index contributed by atoms with van der Waals surface area (Å²) >= 11 is 0. The highest BCUT2D eigenvalue weighted by molar-refractivity contribution is 6.09. The Morgan fingerprint density at radius 2 is 2.07 bits per heavy atom. The van der Waals surface area contributed by atoms with E-state index in [1.807, 2.05) is 29.3 Å². The zero-order chi connectivity index (χ0) is 20.0. The standard InChI is InChI=1S/C23H31N3O3/c1-29-19-5-2-4-18-21(19)17(14-24-18)22(28)25-12-9-23(10-13-25)8-3-6-20(23)26-11-7-16(26)15-27/h2,4-5,14,16,20,24,27H,3,6-13,15H2,1H3. The van der Waals surface area contributed by atoms with Crippen LogP contribution in [0.5, 0.6) is 5.75 Å². The lowest BCUT2D eigenvalue weighted by Crippen LogP contribution is -2.60. The van der Waals surface area contributed by atoms with Crippen molar-refractivity contribution in [3.63, 3.8) is 0 Å². The van der Waals surface area contributed by atoms with Gasteiger partial charge in [-0.3, -0.25) is 9.69 Å². The van der Waals surface area contributed by atoms with Crippen LogP contribution in [-0.2, 0) is 0 Å². The van der Waals surface area contributed by atoms with Gasteiger partial charge in [0, 0.05) is 43.4 Å². The first-order chi connectivity index (χ1) is 14.2. The largest absolute Gasteiger partial charge is 0.496 e. The van der Waals surface area contributed by atoms with Gasteiger partial charge in [-0.15, -0.1) is 0 Å². The van der Waals surface area contributed by atoms with Gasteiger partial charge in [-0.2, -0.15) is 0 Å². The average Bonchev–Trinajstić information content (AvgIpc) is 3.32. The maximum Gasteiger partial charge on any atom is 0.256 e. The van der Waals surface area contributed by atoms with Crippen LogP contribution < -0.4 is 4.74 Å². The number of ether oxygens (including phenoxy) is 1. The average molecular weight is 398 g/mol. The van der Waals surface area contributed by atoms with Crippen molar-refractivity contribution in [2.45, 2.75) is 50.6 Å². The van der Waals surface area contributed by atoms with Gasteiger partial charge in [0.15, 0.2) is 0 Å². The number of hydrogen-bond acceptors (Lipinski definition) is 4. The molecule has 2 aromatic rings. The number of fused-ring (bicyclic) bond motifs is 1. The van der Waals surface area contributed by atoms with Crippen LogP contribution in [-0.4, -0.2) is 71.2 Å². The van der Waals surface area contributed by atoms with Crippen molar-refractivity contribution in [2.75, 3.05) is 33.4 Å². The van der Waals surface area contributed by atoms with Crippen LogP contribution in [0, 0.1) is 5.41 Å². The number of carbonyl (C=O) groups is 1. The van der Waals surface area contributed by atoms with Gasteiger partial charge in [-0.1, -0.05) is 12.5 Å². The number of piperidine rings is 1. The number of nitrogens with zero attached hydrogens (tertiary/aromatic N) is 2. The number of hydrogen-bond donors (Lipinski definition) is 2. The van der Waals surface area contributed by atoms with Crippen molar-refractivity contribution in [1.29, 1.82) is 0 Å². The number of amides is 1. The molecule has 3 fully saturated rings. The molecule has 3 aliphatic rings. The molecule has 1 spiro atoms. The molecule has 2 N–H and O–H groups in total. The number of aromatic amines is 1. The van der Waals surface area contributed by atoms with Crippen molar-refractivity contribution in [3.8, 4) is 5.75 Å². The Bertz CT molecular complexity index is 898. The second kappa shape index (κ2) is 7.33. The van der Waals surface area contributed by atoms with Gasteiger partial charge in [0.25, 0.3) is 5.91 Å². The summed E-state index contributed by atoms with van der Waals surface area (Å²) in [7, 11) is 1.65. The van der Waals surface area contributed by atoms with Gasteiger partial charge in [0.2, 0.25) is 0 Å². The molecule has 2 unspecified atom stereocenters. The van der Waals surface area contributed by atoms with Crippen LogP contribution in [0.3, 0.4) is 0 Å². The topological polar surface area (TPSA) is 68.8 Å². The molecule has 0 radical (unpaired) electrons. The fourth-order valence-corrected chi connectivity index (χ4v) is 6.10. The van der Waals surface area contributed by atoms with E-state index in [1.54, 1.807) is 7.11 Å². The quantitative estimate of drug-likeness (QED) is 0.832. The molecule has 5 rings (SSSR count). The molecule has 6 heteroatoms. The van der Waals surface area contributed by atoms with E-state index in [0.29, 0.717) is 23.1 Å². The van der Waals surface area contributed by atoms with Gasteiger partial charge >= 0.3 is 0 Å². The zero-order valence-corrected chi connectivity index (χ0v) is 17.2. The molecular weight excluding hydrogens is 366 g/mol. The Hall–Kier alpha value is -2.05. The molecule has 3 heterocycles. The van der Waals surface area contributed by atoms with Crippen molar-refractivity contribution in [1.82, 2.24) is 14.8 Å². The minimum absolute atomic E-state index is 0.0994. The van der Waals surface area contributed by atoms with Crippen LogP contribution >= 0.6 is 0 Å². The molecule has 2 aliphatic heterocycles. The van der Waals surface area contributed by atoms with Gasteiger partial charge < -0.3 is 19.7 Å². The summed E-state index contributed by atoms with van der Waals surface area (Å²) in [5.74, 6) is 0.839. The zero-order valence-electron chi connectivity index (χ0n) is 17.2. The second-order valence-corrected chi connectivity index (χ2v) is 9.01. The number of nitrogens with one attached hydrogen (secondary N) is 1. The Morgan fingerprint density at radius 1 is 1.24 bits per heavy atom. The fourth-order valence-electron chi connectivity index (χ4n) is 6.10. The van der Waals surface area contributed by atoms with Crippen LogP contribution in [0.2, 0.25) is 0 Å². The van der Waals surface area contributed by atoms with E-state index in [4.69, 9.17) is 4.74 Å². The lowest BCUT2D eigenvalue weighted by Gasteiger charge is -2.53. The van der Waals surface area contributed by atoms with Gasteiger partial charge in [-0.25, -0.2) is 0 Å².